The molecule has 0 atom stereocenters. The zero-order valence-electron chi connectivity index (χ0n) is 10.3. The van der Waals surface area contributed by atoms with Crippen molar-refractivity contribution in [2.45, 2.75) is 26.7 Å². The highest BCUT2D eigenvalue weighted by molar-refractivity contribution is 5.37. The first-order chi connectivity index (χ1) is 7.66. The molecule has 0 unspecified atom stereocenters. The number of methoxy groups -OCH3 is 1. The summed E-state index contributed by atoms with van der Waals surface area (Å²) in [5.74, 6) is 2.32. The van der Waals surface area contributed by atoms with Crippen LogP contribution in [0.25, 0.3) is 0 Å². The maximum atomic E-state index is 5.10. The predicted octanol–water partition coefficient (Wildman–Crippen LogP) is 2.94. The minimum Gasteiger partial charge on any atom is -0.481 e. The molecule has 2 rings (SSSR count). The lowest BCUT2D eigenvalue weighted by molar-refractivity contribution is 0.378. The van der Waals surface area contributed by atoms with Crippen molar-refractivity contribution >= 4 is 5.82 Å². The van der Waals surface area contributed by atoms with Crippen LogP contribution in [0.5, 0.6) is 5.88 Å². The number of hydrogen-bond acceptors (Lipinski definition) is 3. The molecule has 1 fully saturated rings. The second-order valence-electron chi connectivity index (χ2n) is 4.94. The van der Waals surface area contributed by atoms with Gasteiger partial charge in [0.05, 0.1) is 7.11 Å². The zero-order valence-corrected chi connectivity index (χ0v) is 10.3. The van der Waals surface area contributed by atoms with Crippen LogP contribution in [0.15, 0.2) is 18.2 Å². The van der Waals surface area contributed by atoms with E-state index >= 15 is 0 Å². The quantitative estimate of drug-likeness (QED) is 0.828. The van der Waals surface area contributed by atoms with E-state index in [-0.39, 0.29) is 0 Å². The van der Waals surface area contributed by atoms with Crippen molar-refractivity contribution in [3.63, 3.8) is 0 Å². The lowest BCUT2D eigenvalue weighted by atomic mass is 9.92. The number of nitrogens with zero attached hydrogens (tertiary/aromatic N) is 1. The van der Waals surface area contributed by atoms with Crippen LogP contribution in [-0.4, -0.2) is 18.6 Å². The maximum absolute atomic E-state index is 5.10. The van der Waals surface area contributed by atoms with Crippen LogP contribution in [-0.2, 0) is 0 Å². The van der Waals surface area contributed by atoms with Gasteiger partial charge >= 0.3 is 0 Å². The molecule has 16 heavy (non-hydrogen) atoms. The lowest BCUT2D eigenvalue weighted by Gasteiger charge is -2.20. The molecule has 0 spiro atoms. The van der Waals surface area contributed by atoms with Gasteiger partial charge in [-0.25, -0.2) is 0 Å². The Balaban J connectivity index is 1.94. The summed E-state index contributed by atoms with van der Waals surface area (Å²) in [6.45, 7) is 5.62. The molecule has 1 aliphatic carbocycles. The lowest BCUT2D eigenvalue weighted by Crippen LogP contribution is -2.21. The Kier molecular flexibility index (Phi) is 3.03. The molecule has 0 amide bonds. The van der Waals surface area contributed by atoms with Crippen LogP contribution in [0.1, 0.15) is 26.7 Å². The van der Waals surface area contributed by atoms with Gasteiger partial charge in [0.25, 0.3) is 0 Å². The molecule has 1 saturated carbocycles. The van der Waals surface area contributed by atoms with E-state index in [1.165, 1.54) is 12.8 Å². The average Bonchev–Trinajstić information content (AvgIpc) is 3.08. The van der Waals surface area contributed by atoms with Crippen molar-refractivity contribution in [2.75, 3.05) is 19.0 Å². The minimum absolute atomic E-state index is 0.505. The number of anilines is 1. The summed E-state index contributed by atoms with van der Waals surface area (Å²) in [6.07, 6.45) is 2.67. The normalized spacial score (nSPS) is 17.2. The van der Waals surface area contributed by atoms with Crippen LogP contribution in [0.2, 0.25) is 0 Å². The van der Waals surface area contributed by atoms with E-state index in [4.69, 9.17) is 4.74 Å². The Morgan fingerprint density at radius 2 is 2.19 bits per heavy atom. The second-order valence-corrected chi connectivity index (χ2v) is 4.94. The third-order valence-corrected chi connectivity index (χ3v) is 3.67. The fraction of sp³-hybridized carbons (Fsp3) is 0.615. The minimum atomic E-state index is 0.505. The van der Waals surface area contributed by atoms with E-state index in [1.807, 2.05) is 18.2 Å². The van der Waals surface area contributed by atoms with E-state index in [2.05, 4.69) is 24.1 Å². The molecule has 0 bridgehead atoms. The van der Waals surface area contributed by atoms with Gasteiger partial charge in [0.15, 0.2) is 0 Å². The molecule has 1 aromatic heterocycles. The highest BCUT2D eigenvalue weighted by Crippen LogP contribution is 2.51. The first-order valence-corrected chi connectivity index (χ1v) is 5.91. The first-order valence-electron chi connectivity index (χ1n) is 5.91. The van der Waals surface area contributed by atoms with Crippen molar-refractivity contribution in [3.05, 3.63) is 18.2 Å². The molecule has 3 nitrogen and oxygen atoms in total. The van der Waals surface area contributed by atoms with Crippen molar-refractivity contribution in [1.29, 1.82) is 0 Å². The van der Waals surface area contributed by atoms with E-state index in [0.717, 1.165) is 18.3 Å². The third kappa shape index (κ3) is 2.29. The topological polar surface area (TPSA) is 34.1 Å². The smallest absolute Gasteiger partial charge is 0.214 e. The summed E-state index contributed by atoms with van der Waals surface area (Å²) in [5, 5.41) is 3.41. The molecule has 0 aliphatic heterocycles. The van der Waals surface area contributed by atoms with Crippen LogP contribution in [0.3, 0.4) is 0 Å². The molecule has 0 aromatic carbocycles. The summed E-state index contributed by atoms with van der Waals surface area (Å²) >= 11 is 0. The molecule has 0 saturated heterocycles. The standard InChI is InChI=1S/C13H20N2O/c1-10(2)13(7-8-13)9-14-11-5-4-6-12(15-11)16-3/h4-6,10H,7-9H2,1-3H3,(H,14,15). The molecule has 1 aliphatic rings. The molecule has 1 N–H and O–H groups in total. The first kappa shape index (κ1) is 11.2. The highest BCUT2D eigenvalue weighted by Gasteiger charge is 2.44. The van der Waals surface area contributed by atoms with Crippen LogP contribution >= 0.6 is 0 Å². The summed E-state index contributed by atoms with van der Waals surface area (Å²) in [6, 6.07) is 5.81. The number of ether oxygens (including phenoxy) is 1. The largest absolute Gasteiger partial charge is 0.481 e. The van der Waals surface area contributed by atoms with E-state index < -0.39 is 0 Å². The van der Waals surface area contributed by atoms with Crippen molar-refractivity contribution in [2.24, 2.45) is 11.3 Å². The van der Waals surface area contributed by atoms with Crippen molar-refractivity contribution < 1.29 is 4.74 Å². The van der Waals surface area contributed by atoms with Gasteiger partial charge in [-0.3, -0.25) is 0 Å². The summed E-state index contributed by atoms with van der Waals surface area (Å²) < 4.78 is 5.10. The monoisotopic (exact) mass is 220 g/mol. The van der Waals surface area contributed by atoms with Crippen LogP contribution < -0.4 is 10.1 Å². The fourth-order valence-corrected chi connectivity index (χ4v) is 2.01. The number of pyridine rings is 1. The van der Waals surface area contributed by atoms with Gasteiger partial charge in [-0.1, -0.05) is 19.9 Å². The average molecular weight is 220 g/mol. The third-order valence-electron chi connectivity index (χ3n) is 3.67. The summed E-state index contributed by atoms with van der Waals surface area (Å²) in [7, 11) is 1.64. The van der Waals surface area contributed by atoms with Gasteiger partial charge in [0.2, 0.25) is 5.88 Å². The molecule has 88 valence electrons. The van der Waals surface area contributed by atoms with Gasteiger partial charge < -0.3 is 10.1 Å². The molecular formula is C13H20N2O. The summed E-state index contributed by atoms with van der Waals surface area (Å²) in [4.78, 5) is 4.35. The molecule has 1 heterocycles. The number of hydrogen-bond donors (Lipinski definition) is 1. The Hall–Kier alpha value is -1.25. The van der Waals surface area contributed by atoms with Crippen molar-refractivity contribution in [1.82, 2.24) is 4.98 Å². The SMILES string of the molecule is COc1cccc(NCC2(C(C)C)CC2)n1. The van der Waals surface area contributed by atoms with Gasteiger partial charge in [-0.2, -0.15) is 4.98 Å². The van der Waals surface area contributed by atoms with Crippen LogP contribution in [0, 0.1) is 11.3 Å². The van der Waals surface area contributed by atoms with E-state index in [1.54, 1.807) is 7.11 Å². The zero-order chi connectivity index (χ0) is 11.6. The number of nitrogens with one attached hydrogen (secondary N) is 1. The van der Waals surface area contributed by atoms with Crippen LogP contribution in [0.4, 0.5) is 5.82 Å². The van der Waals surface area contributed by atoms with Crippen molar-refractivity contribution in [3.8, 4) is 5.88 Å². The Bertz CT molecular complexity index is 359. The van der Waals surface area contributed by atoms with Gasteiger partial charge in [0, 0.05) is 12.6 Å². The maximum Gasteiger partial charge on any atom is 0.214 e. The number of rotatable bonds is 5. The molecular weight excluding hydrogens is 200 g/mol. The molecule has 3 heteroatoms. The second kappa shape index (κ2) is 4.32. The molecule has 0 radical (unpaired) electrons. The Labute approximate surface area is 97.2 Å². The van der Waals surface area contributed by atoms with Gasteiger partial charge in [-0.15, -0.1) is 0 Å². The van der Waals surface area contributed by atoms with E-state index in [9.17, 15) is 0 Å². The predicted molar refractivity (Wildman–Crippen MR) is 65.8 cm³/mol. The van der Waals surface area contributed by atoms with E-state index in [0.29, 0.717) is 11.3 Å². The highest BCUT2D eigenvalue weighted by atomic mass is 16.5. The van der Waals surface area contributed by atoms with Gasteiger partial charge in [0.1, 0.15) is 5.82 Å². The van der Waals surface area contributed by atoms with Gasteiger partial charge in [-0.05, 0) is 30.2 Å². The Morgan fingerprint density at radius 1 is 1.44 bits per heavy atom. The Morgan fingerprint density at radius 3 is 2.75 bits per heavy atom. The fourth-order valence-electron chi connectivity index (χ4n) is 2.01. The molecule has 1 aromatic rings. The number of aromatic nitrogens is 1. The summed E-state index contributed by atoms with van der Waals surface area (Å²) in [5.41, 5.74) is 0.505.